The van der Waals surface area contributed by atoms with Gasteiger partial charge in [-0.05, 0) is 50.0 Å². The molecule has 0 saturated carbocycles. The fraction of sp³-hybridized carbons (Fsp3) is 0.714. The highest BCUT2D eigenvalue weighted by atomic mass is 32.2. The van der Waals surface area contributed by atoms with Crippen LogP contribution >= 0.6 is 11.3 Å². The fourth-order valence-electron chi connectivity index (χ4n) is 2.54. The summed E-state index contributed by atoms with van der Waals surface area (Å²) < 4.78 is 27.8. The zero-order valence-electron chi connectivity index (χ0n) is 12.8. The third-order valence-electron chi connectivity index (χ3n) is 3.90. The minimum absolute atomic E-state index is 0.315. The van der Waals surface area contributed by atoms with Crippen LogP contribution in [0, 0.1) is 0 Å². The quantitative estimate of drug-likeness (QED) is 0.797. The number of rotatable bonds is 7. The summed E-state index contributed by atoms with van der Waals surface area (Å²) in [5, 5.41) is 5.11. The lowest BCUT2D eigenvalue weighted by atomic mass is 10.0. The number of sulfonamides is 1. The lowest BCUT2D eigenvalue weighted by molar-refractivity contribution is 0.187. The first-order valence-corrected chi connectivity index (χ1v) is 9.87. The van der Waals surface area contributed by atoms with Crippen LogP contribution in [0.2, 0.25) is 0 Å². The third kappa shape index (κ3) is 4.75. The van der Waals surface area contributed by atoms with Crippen LogP contribution in [-0.2, 0) is 16.6 Å². The van der Waals surface area contributed by atoms with Crippen LogP contribution in [0.3, 0.4) is 0 Å². The number of likely N-dealkylation sites (tertiary alicyclic amines) is 1. The molecule has 7 heteroatoms. The summed E-state index contributed by atoms with van der Waals surface area (Å²) in [6, 6.07) is 2.08. The molecule has 21 heavy (non-hydrogen) atoms. The molecule has 0 spiro atoms. The Morgan fingerprint density at radius 3 is 2.95 bits per heavy atom. The molecule has 0 amide bonds. The van der Waals surface area contributed by atoms with Gasteiger partial charge in [-0.1, -0.05) is 13.3 Å². The standard InChI is InChI=1S/C14H25N3O2S2/c1-3-15-9-12-8-14(20-11-12)21(18,19)16-10-13-6-4-5-7-17(13)2/h8,11,13,15-16H,3-7,9-10H2,1-2H3. The molecule has 0 radical (unpaired) electrons. The zero-order chi connectivity index (χ0) is 15.3. The van der Waals surface area contributed by atoms with Gasteiger partial charge in [0.1, 0.15) is 4.21 Å². The van der Waals surface area contributed by atoms with Crippen LogP contribution in [-0.4, -0.2) is 46.0 Å². The summed E-state index contributed by atoms with van der Waals surface area (Å²) in [6.07, 6.45) is 3.45. The molecule has 2 heterocycles. The highest BCUT2D eigenvalue weighted by Crippen LogP contribution is 2.21. The molecule has 0 bridgehead atoms. The van der Waals surface area contributed by atoms with Gasteiger partial charge in [-0.15, -0.1) is 11.3 Å². The SMILES string of the molecule is CCNCc1csc(S(=O)(=O)NCC2CCCCN2C)c1. The Morgan fingerprint density at radius 1 is 1.43 bits per heavy atom. The molecule has 1 unspecified atom stereocenters. The third-order valence-corrected chi connectivity index (χ3v) is 6.82. The van der Waals surface area contributed by atoms with E-state index in [-0.39, 0.29) is 0 Å². The molecule has 0 aromatic carbocycles. The van der Waals surface area contributed by atoms with Gasteiger partial charge >= 0.3 is 0 Å². The van der Waals surface area contributed by atoms with Crippen molar-refractivity contribution in [1.29, 1.82) is 0 Å². The maximum Gasteiger partial charge on any atom is 0.250 e. The van der Waals surface area contributed by atoms with Crippen molar-refractivity contribution in [1.82, 2.24) is 14.9 Å². The molecule has 2 rings (SSSR count). The summed E-state index contributed by atoms with van der Waals surface area (Å²) in [6.45, 7) is 5.18. The zero-order valence-corrected chi connectivity index (χ0v) is 14.4. The fourth-order valence-corrected chi connectivity index (χ4v) is 4.86. The molecule has 1 fully saturated rings. The Morgan fingerprint density at radius 2 is 2.24 bits per heavy atom. The van der Waals surface area contributed by atoms with Gasteiger partial charge < -0.3 is 10.2 Å². The van der Waals surface area contributed by atoms with E-state index in [4.69, 9.17) is 0 Å². The molecule has 1 saturated heterocycles. The molecule has 1 atom stereocenters. The monoisotopic (exact) mass is 331 g/mol. The molecular formula is C14H25N3O2S2. The van der Waals surface area contributed by atoms with Crippen molar-refractivity contribution in [2.75, 3.05) is 26.7 Å². The smallest absolute Gasteiger partial charge is 0.250 e. The van der Waals surface area contributed by atoms with Crippen molar-refractivity contribution < 1.29 is 8.42 Å². The summed E-state index contributed by atoms with van der Waals surface area (Å²) in [7, 11) is -1.31. The molecule has 1 aromatic rings. The van der Waals surface area contributed by atoms with Crippen LogP contribution < -0.4 is 10.0 Å². The van der Waals surface area contributed by atoms with E-state index >= 15 is 0 Å². The summed E-state index contributed by atoms with van der Waals surface area (Å²) in [5.74, 6) is 0. The van der Waals surface area contributed by atoms with Gasteiger partial charge in [0.2, 0.25) is 10.0 Å². The van der Waals surface area contributed by atoms with E-state index in [1.165, 1.54) is 24.2 Å². The van der Waals surface area contributed by atoms with Gasteiger partial charge in [-0.25, -0.2) is 13.1 Å². The van der Waals surface area contributed by atoms with Crippen LogP contribution in [0.15, 0.2) is 15.7 Å². The highest BCUT2D eigenvalue weighted by Gasteiger charge is 2.22. The molecule has 120 valence electrons. The number of nitrogens with one attached hydrogen (secondary N) is 2. The Kier molecular flexibility index (Phi) is 6.19. The van der Waals surface area contributed by atoms with Crippen molar-refractivity contribution in [3.05, 3.63) is 17.0 Å². The second-order valence-corrected chi connectivity index (χ2v) is 8.44. The van der Waals surface area contributed by atoms with Crippen LogP contribution in [0.4, 0.5) is 0 Å². The van der Waals surface area contributed by atoms with E-state index in [1.807, 2.05) is 12.3 Å². The van der Waals surface area contributed by atoms with E-state index < -0.39 is 10.0 Å². The van der Waals surface area contributed by atoms with E-state index in [0.29, 0.717) is 23.3 Å². The molecular weight excluding hydrogens is 306 g/mol. The second-order valence-electron chi connectivity index (χ2n) is 5.54. The number of nitrogens with zero attached hydrogens (tertiary/aromatic N) is 1. The van der Waals surface area contributed by atoms with Crippen molar-refractivity contribution >= 4 is 21.4 Å². The Balaban J connectivity index is 1.93. The normalized spacial score (nSPS) is 20.8. The maximum atomic E-state index is 12.3. The number of thiophene rings is 1. The first kappa shape index (κ1) is 16.9. The lowest BCUT2D eigenvalue weighted by Gasteiger charge is -2.32. The van der Waals surface area contributed by atoms with Gasteiger partial charge in [-0.3, -0.25) is 0 Å². The number of hydrogen-bond acceptors (Lipinski definition) is 5. The van der Waals surface area contributed by atoms with Crippen molar-refractivity contribution in [3.63, 3.8) is 0 Å². The predicted octanol–water partition coefficient (Wildman–Crippen LogP) is 1.62. The van der Waals surface area contributed by atoms with Crippen molar-refractivity contribution in [2.45, 2.75) is 43.0 Å². The van der Waals surface area contributed by atoms with Crippen molar-refractivity contribution in [3.8, 4) is 0 Å². The molecule has 0 aliphatic carbocycles. The van der Waals surface area contributed by atoms with E-state index in [0.717, 1.165) is 25.1 Å². The lowest BCUT2D eigenvalue weighted by Crippen LogP contribution is -2.44. The molecule has 5 nitrogen and oxygen atoms in total. The number of hydrogen-bond donors (Lipinski definition) is 2. The molecule has 1 aliphatic rings. The first-order valence-electron chi connectivity index (χ1n) is 7.51. The summed E-state index contributed by atoms with van der Waals surface area (Å²) >= 11 is 1.29. The number of piperidine rings is 1. The average Bonchev–Trinajstić information content (AvgIpc) is 2.94. The highest BCUT2D eigenvalue weighted by molar-refractivity contribution is 7.91. The Hall–Kier alpha value is -0.470. The maximum absolute atomic E-state index is 12.3. The van der Waals surface area contributed by atoms with Crippen LogP contribution in [0.25, 0.3) is 0 Å². The predicted molar refractivity (Wildman–Crippen MR) is 87.2 cm³/mol. The molecule has 1 aliphatic heterocycles. The number of likely N-dealkylation sites (N-methyl/N-ethyl adjacent to an activating group) is 1. The first-order chi connectivity index (χ1) is 10.0. The minimum Gasteiger partial charge on any atom is -0.313 e. The summed E-state index contributed by atoms with van der Waals surface area (Å²) in [5.41, 5.74) is 1.03. The average molecular weight is 332 g/mol. The summed E-state index contributed by atoms with van der Waals surface area (Å²) in [4.78, 5) is 2.25. The van der Waals surface area contributed by atoms with E-state index in [1.54, 1.807) is 6.07 Å². The Bertz CT molecular complexity index is 542. The van der Waals surface area contributed by atoms with Gasteiger partial charge in [-0.2, -0.15) is 0 Å². The van der Waals surface area contributed by atoms with Crippen molar-refractivity contribution in [2.24, 2.45) is 0 Å². The second kappa shape index (κ2) is 7.69. The van der Waals surface area contributed by atoms with E-state index in [2.05, 4.69) is 22.0 Å². The van der Waals surface area contributed by atoms with Gasteiger partial charge in [0.15, 0.2) is 0 Å². The van der Waals surface area contributed by atoms with E-state index in [9.17, 15) is 8.42 Å². The van der Waals surface area contributed by atoms with Gasteiger partial charge in [0.25, 0.3) is 0 Å². The minimum atomic E-state index is -3.37. The largest absolute Gasteiger partial charge is 0.313 e. The topological polar surface area (TPSA) is 61.4 Å². The molecule has 2 N–H and O–H groups in total. The van der Waals surface area contributed by atoms with Crippen LogP contribution in [0.1, 0.15) is 31.7 Å². The Labute approximate surface area is 131 Å². The van der Waals surface area contributed by atoms with Crippen LogP contribution in [0.5, 0.6) is 0 Å². The molecule has 1 aromatic heterocycles. The van der Waals surface area contributed by atoms with Gasteiger partial charge in [0.05, 0.1) is 0 Å². The van der Waals surface area contributed by atoms with Gasteiger partial charge in [0, 0.05) is 19.1 Å².